The summed E-state index contributed by atoms with van der Waals surface area (Å²) >= 11 is 0. The molecule has 2 saturated carbocycles. The van der Waals surface area contributed by atoms with Gasteiger partial charge in [-0.1, -0.05) is 43.4 Å². The van der Waals surface area contributed by atoms with Crippen LogP contribution < -0.4 is 4.74 Å². The number of carbonyl (C=O) groups excluding carboxylic acids is 1. The van der Waals surface area contributed by atoms with Crippen molar-refractivity contribution in [2.24, 2.45) is 5.41 Å². The highest BCUT2D eigenvalue weighted by atomic mass is 16.5. The van der Waals surface area contributed by atoms with Gasteiger partial charge >= 0.3 is 0 Å². The number of Topliss-reactive ketones (excluding diaryl/α,β-unsaturated/α-hetero) is 1. The first-order valence-electron chi connectivity index (χ1n) is 7.47. The summed E-state index contributed by atoms with van der Waals surface area (Å²) in [6.45, 7) is 2.07. The van der Waals surface area contributed by atoms with Gasteiger partial charge < -0.3 is 4.74 Å². The second kappa shape index (κ2) is 4.99. The summed E-state index contributed by atoms with van der Waals surface area (Å²) in [4.78, 5) is 12.1. The van der Waals surface area contributed by atoms with E-state index in [4.69, 9.17) is 4.74 Å². The van der Waals surface area contributed by atoms with Crippen LogP contribution in [0.4, 0.5) is 0 Å². The van der Waals surface area contributed by atoms with Gasteiger partial charge in [0.25, 0.3) is 0 Å². The fourth-order valence-corrected chi connectivity index (χ4v) is 3.51. The minimum absolute atomic E-state index is 0.112. The first kappa shape index (κ1) is 12.7. The molecule has 0 aromatic heterocycles. The van der Waals surface area contributed by atoms with Gasteiger partial charge in [-0.3, -0.25) is 4.79 Å². The van der Waals surface area contributed by atoms with Crippen LogP contribution in [0.1, 0.15) is 50.5 Å². The smallest absolute Gasteiger partial charge is 0.146 e. The van der Waals surface area contributed by atoms with Gasteiger partial charge in [-0.05, 0) is 31.9 Å². The minimum Gasteiger partial charge on any atom is -0.489 e. The zero-order valence-corrected chi connectivity index (χ0v) is 11.7. The molecule has 19 heavy (non-hydrogen) atoms. The zero-order valence-electron chi connectivity index (χ0n) is 11.7. The molecule has 3 rings (SSSR count). The average molecular weight is 258 g/mol. The Morgan fingerprint density at radius 2 is 1.68 bits per heavy atom. The molecule has 0 aliphatic heterocycles. The first-order valence-corrected chi connectivity index (χ1v) is 7.47. The van der Waals surface area contributed by atoms with Gasteiger partial charge in [-0.15, -0.1) is 0 Å². The molecule has 2 heteroatoms. The summed E-state index contributed by atoms with van der Waals surface area (Å²) in [5.41, 5.74) is 1.09. The third kappa shape index (κ3) is 2.29. The second-order valence-corrected chi connectivity index (χ2v) is 6.12. The van der Waals surface area contributed by atoms with E-state index in [9.17, 15) is 4.79 Å². The van der Waals surface area contributed by atoms with Crippen molar-refractivity contribution in [3.63, 3.8) is 0 Å². The number of benzene rings is 1. The standard InChI is InChI=1S/C17H22O2/c1-13-6-8-14(9-7-13)19-16-12-15(18)17(16)10-4-2-3-5-11-17/h6-9,16H,2-5,10-12H2,1H3. The molecule has 1 aromatic carbocycles. The third-order valence-corrected chi connectivity index (χ3v) is 4.84. The maximum absolute atomic E-state index is 12.1. The third-order valence-electron chi connectivity index (χ3n) is 4.84. The molecule has 1 unspecified atom stereocenters. The second-order valence-electron chi connectivity index (χ2n) is 6.12. The Bertz CT molecular complexity index is 453. The molecule has 1 aromatic rings. The van der Waals surface area contributed by atoms with Crippen molar-refractivity contribution < 1.29 is 9.53 Å². The zero-order chi connectivity index (χ0) is 13.3. The van der Waals surface area contributed by atoms with Crippen LogP contribution in [0, 0.1) is 12.3 Å². The van der Waals surface area contributed by atoms with Crippen LogP contribution in [0.5, 0.6) is 5.75 Å². The van der Waals surface area contributed by atoms with E-state index >= 15 is 0 Å². The quantitative estimate of drug-likeness (QED) is 0.799. The summed E-state index contributed by atoms with van der Waals surface area (Å²) in [6, 6.07) is 8.16. The van der Waals surface area contributed by atoms with Gasteiger partial charge in [0.15, 0.2) is 0 Å². The highest BCUT2D eigenvalue weighted by molar-refractivity contribution is 5.92. The maximum atomic E-state index is 12.1. The molecule has 1 spiro atoms. The van der Waals surface area contributed by atoms with Crippen molar-refractivity contribution >= 4 is 5.78 Å². The van der Waals surface area contributed by atoms with Crippen LogP contribution in [0.15, 0.2) is 24.3 Å². The lowest BCUT2D eigenvalue weighted by molar-refractivity contribution is -0.154. The number of ketones is 1. The van der Waals surface area contributed by atoms with Gasteiger partial charge in [0.1, 0.15) is 17.6 Å². The number of ether oxygens (including phenoxy) is 1. The predicted octanol–water partition coefficient (Wildman–Crippen LogP) is 4.06. The largest absolute Gasteiger partial charge is 0.489 e. The van der Waals surface area contributed by atoms with Crippen LogP contribution in [-0.2, 0) is 4.79 Å². The van der Waals surface area contributed by atoms with Gasteiger partial charge in [-0.25, -0.2) is 0 Å². The number of carbonyl (C=O) groups is 1. The van der Waals surface area contributed by atoms with Crippen LogP contribution in [-0.4, -0.2) is 11.9 Å². The Kier molecular flexibility index (Phi) is 3.34. The monoisotopic (exact) mass is 258 g/mol. The fourth-order valence-electron chi connectivity index (χ4n) is 3.51. The lowest BCUT2D eigenvalue weighted by atomic mass is 9.60. The van der Waals surface area contributed by atoms with E-state index in [1.54, 1.807) is 0 Å². The van der Waals surface area contributed by atoms with Crippen molar-refractivity contribution in [3.05, 3.63) is 29.8 Å². The van der Waals surface area contributed by atoms with E-state index in [1.807, 2.05) is 12.1 Å². The van der Waals surface area contributed by atoms with Gasteiger partial charge in [0.05, 0.1) is 5.41 Å². The molecule has 0 heterocycles. The topological polar surface area (TPSA) is 26.3 Å². The molecule has 2 aliphatic carbocycles. The Balaban J connectivity index is 1.74. The first-order chi connectivity index (χ1) is 9.21. The minimum atomic E-state index is -0.151. The van der Waals surface area contributed by atoms with Crippen LogP contribution >= 0.6 is 0 Å². The molecule has 102 valence electrons. The number of hydrogen-bond donors (Lipinski definition) is 0. The Labute approximate surface area is 115 Å². The lowest BCUT2D eigenvalue weighted by Gasteiger charge is -2.47. The van der Waals surface area contributed by atoms with Crippen molar-refractivity contribution in [1.29, 1.82) is 0 Å². The van der Waals surface area contributed by atoms with E-state index in [-0.39, 0.29) is 11.5 Å². The summed E-state index contributed by atoms with van der Waals surface area (Å²) in [5, 5.41) is 0. The molecule has 2 fully saturated rings. The summed E-state index contributed by atoms with van der Waals surface area (Å²) in [5.74, 6) is 1.35. The van der Waals surface area contributed by atoms with Crippen molar-refractivity contribution in [2.75, 3.05) is 0 Å². The molecule has 2 nitrogen and oxygen atoms in total. The molecule has 0 N–H and O–H groups in total. The number of rotatable bonds is 2. The lowest BCUT2D eigenvalue weighted by Crippen LogP contribution is -2.56. The van der Waals surface area contributed by atoms with Gasteiger partial charge in [0, 0.05) is 6.42 Å². The number of aryl methyl sites for hydroxylation is 1. The Morgan fingerprint density at radius 1 is 1.05 bits per heavy atom. The van der Waals surface area contributed by atoms with E-state index in [2.05, 4.69) is 19.1 Å². The molecule has 0 amide bonds. The number of hydrogen-bond acceptors (Lipinski definition) is 2. The molecule has 2 aliphatic rings. The molecule has 0 radical (unpaired) electrons. The molecular weight excluding hydrogens is 236 g/mol. The predicted molar refractivity (Wildman–Crippen MR) is 75.4 cm³/mol. The van der Waals surface area contributed by atoms with Crippen LogP contribution in [0.25, 0.3) is 0 Å². The molecule has 0 saturated heterocycles. The summed E-state index contributed by atoms with van der Waals surface area (Å²) in [7, 11) is 0. The van der Waals surface area contributed by atoms with E-state index in [0.717, 1.165) is 18.6 Å². The van der Waals surface area contributed by atoms with Crippen molar-refractivity contribution in [1.82, 2.24) is 0 Å². The summed E-state index contributed by atoms with van der Waals surface area (Å²) < 4.78 is 6.10. The van der Waals surface area contributed by atoms with E-state index in [0.29, 0.717) is 12.2 Å². The van der Waals surface area contributed by atoms with Gasteiger partial charge in [0.2, 0.25) is 0 Å². The van der Waals surface area contributed by atoms with Crippen LogP contribution in [0.3, 0.4) is 0 Å². The normalized spacial score (nSPS) is 25.7. The van der Waals surface area contributed by atoms with E-state index in [1.165, 1.54) is 31.2 Å². The van der Waals surface area contributed by atoms with Crippen LogP contribution in [0.2, 0.25) is 0 Å². The Hall–Kier alpha value is -1.31. The highest BCUT2D eigenvalue weighted by Gasteiger charge is 2.55. The fraction of sp³-hybridized carbons (Fsp3) is 0.588. The van der Waals surface area contributed by atoms with Crippen molar-refractivity contribution in [2.45, 2.75) is 58.0 Å². The highest BCUT2D eigenvalue weighted by Crippen LogP contribution is 2.49. The van der Waals surface area contributed by atoms with E-state index < -0.39 is 0 Å². The molecular formula is C17H22O2. The Morgan fingerprint density at radius 3 is 2.26 bits per heavy atom. The van der Waals surface area contributed by atoms with Crippen molar-refractivity contribution in [3.8, 4) is 5.75 Å². The molecule has 1 atom stereocenters. The summed E-state index contributed by atoms with van der Waals surface area (Å²) in [6.07, 6.45) is 7.68. The SMILES string of the molecule is Cc1ccc(OC2CC(=O)C23CCCCCC3)cc1. The molecule has 0 bridgehead atoms. The van der Waals surface area contributed by atoms with Gasteiger partial charge in [-0.2, -0.15) is 0 Å². The average Bonchev–Trinajstić information content (AvgIpc) is 2.68. The maximum Gasteiger partial charge on any atom is 0.146 e.